The molecule has 0 saturated heterocycles. The topological polar surface area (TPSA) is 57.7 Å². The van der Waals surface area contributed by atoms with Gasteiger partial charge >= 0.3 is 5.97 Å². The molecular weight excluding hydrogens is 306 g/mol. The molecule has 2 rings (SSSR count). The molecular formula is C19H21NO4. The van der Waals surface area contributed by atoms with Crippen LogP contribution >= 0.6 is 0 Å². The minimum atomic E-state index is -0.495. The van der Waals surface area contributed by atoms with Crippen molar-refractivity contribution in [2.24, 2.45) is 0 Å². The SMILES string of the molecule is CCOC(=O)/C(=C/c1ccc(OCc2ccccc2)cn1)OCC. The molecule has 5 heteroatoms. The van der Waals surface area contributed by atoms with E-state index in [1.54, 1.807) is 38.3 Å². The van der Waals surface area contributed by atoms with E-state index in [4.69, 9.17) is 14.2 Å². The van der Waals surface area contributed by atoms with E-state index in [9.17, 15) is 4.79 Å². The van der Waals surface area contributed by atoms with E-state index in [0.29, 0.717) is 31.3 Å². The van der Waals surface area contributed by atoms with Crippen molar-refractivity contribution in [3.63, 3.8) is 0 Å². The summed E-state index contributed by atoms with van der Waals surface area (Å²) in [5, 5.41) is 0. The normalized spacial score (nSPS) is 11.0. The van der Waals surface area contributed by atoms with Crippen LogP contribution in [0.4, 0.5) is 0 Å². The fourth-order valence-corrected chi connectivity index (χ4v) is 1.95. The van der Waals surface area contributed by atoms with Crippen LogP contribution in [0.1, 0.15) is 25.1 Å². The Labute approximate surface area is 141 Å². The molecule has 0 spiro atoms. The molecule has 24 heavy (non-hydrogen) atoms. The van der Waals surface area contributed by atoms with Gasteiger partial charge in [-0.3, -0.25) is 4.98 Å². The monoisotopic (exact) mass is 327 g/mol. The van der Waals surface area contributed by atoms with Gasteiger partial charge in [-0.15, -0.1) is 0 Å². The van der Waals surface area contributed by atoms with E-state index in [0.717, 1.165) is 5.56 Å². The van der Waals surface area contributed by atoms with Gasteiger partial charge < -0.3 is 14.2 Å². The fourth-order valence-electron chi connectivity index (χ4n) is 1.95. The Morgan fingerprint density at radius 1 is 1.04 bits per heavy atom. The summed E-state index contributed by atoms with van der Waals surface area (Å²) < 4.78 is 15.9. The van der Waals surface area contributed by atoms with Crippen LogP contribution in [0.3, 0.4) is 0 Å². The zero-order valence-corrected chi connectivity index (χ0v) is 13.9. The molecule has 0 atom stereocenters. The van der Waals surface area contributed by atoms with Gasteiger partial charge in [0.25, 0.3) is 0 Å². The van der Waals surface area contributed by atoms with Crippen LogP contribution in [0.25, 0.3) is 6.08 Å². The van der Waals surface area contributed by atoms with Crippen LogP contribution in [0, 0.1) is 0 Å². The molecule has 0 fully saturated rings. The molecule has 1 aromatic carbocycles. The molecule has 2 aromatic rings. The molecule has 0 bridgehead atoms. The third-order valence-corrected chi connectivity index (χ3v) is 3.06. The summed E-state index contributed by atoms with van der Waals surface area (Å²) in [4.78, 5) is 16.1. The first-order valence-corrected chi connectivity index (χ1v) is 7.87. The summed E-state index contributed by atoms with van der Waals surface area (Å²) in [5.41, 5.74) is 1.68. The fraction of sp³-hybridized carbons (Fsp3) is 0.263. The maximum atomic E-state index is 11.8. The smallest absolute Gasteiger partial charge is 0.373 e. The Hall–Kier alpha value is -2.82. The van der Waals surface area contributed by atoms with Crippen molar-refractivity contribution in [2.45, 2.75) is 20.5 Å². The molecule has 0 radical (unpaired) electrons. The third-order valence-electron chi connectivity index (χ3n) is 3.06. The maximum absolute atomic E-state index is 11.8. The quantitative estimate of drug-likeness (QED) is 0.421. The minimum Gasteiger partial charge on any atom is -0.487 e. The highest BCUT2D eigenvalue weighted by Gasteiger charge is 2.12. The lowest BCUT2D eigenvalue weighted by atomic mass is 10.2. The molecule has 126 valence electrons. The van der Waals surface area contributed by atoms with Gasteiger partial charge in [0.05, 0.1) is 25.1 Å². The van der Waals surface area contributed by atoms with Crippen LogP contribution in [-0.2, 0) is 20.9 Å². The number of pyridine rings is 1. The van der Waals surface area contributed by atoms with Crippen molar-refractivity contribution >= 4 is 12.0 Å². The number of rotatable bonds is 8. The van der Waals surface area contributed by atoms with E-state index >= 15 is 0 Å². The summed E-state index contributed by atoms with van der Waals surface area (Å²) in [6.07, 6.45) is 3.17. The molecule has 0 saturated carbocycles. The Kier molecular flexibility index (Phi) is 6.83. The van der Waals surface area contributed by atoms with Crippen molar-refractivity contribution in [2.75, 3.05) is 13.2 Å². The highest BCUT2D eigenvalue weighted by Crippen LogP contribution is 2.14. The first kappa shape index (κ1) is 17.5. The second-order valence-electron chi connectivity index (χ2n) is 4.86. The third kappa shape index (κ3) is 5.43. The molecule has 0 N–H and O–H groups in total. The number of nitrogens with zero attached hydrogens (tertiary/aromatic N) is 1. The second-order valence-corrected chi connectivity index (χ2v) is 4.86. The predicted octanol–water partition coefficient (Wildman–Crippen LogP) is 3.60. The van der Waals surface area contributed by atoms with Gasteiger partial charge in [-0.1, -0.05) is 30.3 Å². The van der Waals surface area contributed by atoms with Gasteiger partial charge in [-0.25, -0.2) is 4.79 Å². The highest BCUT2D eigenvalue weighted by atomic mass is 16.6. The number of esters is 1. The Balaban J connectivity index is 2.01. The largest absolute Gasteiger partial charge is 0.487 e. The Morgan fingerprint density at radius 3 is 2.42 bits per heavy atom. The first-order valence-electron chi connectivity index (χ1n) is 7.87. The standard InChI is InChI=1S/C19H21NO4/c1-3-22-18(19(21)23-4-2)12-16-10-11-17(13-20-16)24-14-15-8-6-5-7-9-15/h5-13H,3-4,14H2,1-2H3/b18-12-. The second kappa shape index (κ2) is 9.35. The van der Waals surface area contributed by atoms with E-state index in [1.807, 2.05) is 30.3 Å². The van der Waals surface area contributed by atoms with Gasteiger partial charge in [0.1, 0.15) is 12.4 Å². The van der Waals surface area contributed by atoms with Gasteiger partial charge in [0.2, 0.25) is 5.76 Å². The molecule has 0 unspecified atom stereocenters. The van der Waals surface area contributed by atoms with Crippen molar-refractivity contribution in [3.8, 4) is 5.75 Å². The predicted molar refractivity (Wildman–Crippen MR) is 91.2 cm³/mol. The van der Waals surface area contributed by atoms with Crippen LogP contribution in [0.5, 0.6) is 5.75 Å². The van der Waals surface area contributed by atoms with E-state index in [-0.39, 0.29) is 5.76 Å². The lowest BCUT2D eigenvalue weighted by Crippen LogP contribution is -2.10. The molecule has 1 aromatic heterocycles. The summed E-state index contributed by atoms with van der Waals surface area (Å²) >= 11 is 0. The number of aromatic nitrogens is 1. The lowest BCUT2D eigenvalue weighted by molar-refractivity contribution is -0.142. The summed E-state index contributed by atoms with van der Waals surface area (Å²) in [7, 11) is 0. The van der Waals surface area contributed by atoms with Crippen LogP contribution in [0.2, 0.25) is 0 Å². The van der Waals surface area contributed by atoms with E-state index < -0.39 is 5.97 Å². The van der Waals surface area contributed by atoms with Crippen molar-refractivity contribution in [3.05, 3.63) is 65.7 Å². The highest BCUT2D eigenvalue weighted by molar-refractivity contribution is 5.91. The maximum Gasteiger partial charge on any atom is 0.373 e. The zero-order valence-electron chi connectivity index (χ0n) is 13.9. The molecule has 1 heterocycles. The molecule has 0 aliphatic carbocycles. The van der Waals surface area contributed by atoms with Gasteiger partial charge in [0, 0.05) is 6.08 Å². The van der Waals surface area contributed by atoms with Gasteiger partial charge in [-0.05, 0) is 31.5 Å². The summed E-state index contributed by atoms with van der Waals surface area (Å²) in [5.74, 6) is 0.306. The number of hydrogen-bond acceptors (Lipinski definition) is 5. The summed E-state index contributed by atoms with van der Waals surface area (Å²) in [6.45, 7) is 4.70. The summed E-state index contributed by atoms with van der Waals surface area (Å²) in [6, 6.07) is 13.5. The average Bonchev–Trinajstić information content (AvgIpc) is 2.62. The number of benzene rings is 1. The van der Waals surface area contributed by atoms with Crippen molar-refractivity contribution < 1.29 is 19.0 Å². The Morgan fingerprint density at radius 2 is 1.79 bits per heavy atom. The van der Waals surface area contributed by atoms with Gasteiger partial charge in [-0.2, -0.15) is 0 Å². The minimum absolute atomic E-state index is 0.143. The van der Waals surface area contributed by atoms with Crippen LogP contribution in [0.15, 0.2) is 54.4 Å². The van der Waals surface area contributed by atoms with Crippen LogP contribution < -0.4 is 4.74 Å². The van der Waals surface area contributed by atoms with Crippen molar-refractivity contribution in [1.82, 2.24) is 4.98 Å². The van der Waals surface area contributed by atoms with E-state index in [1.165, 1.54) is 0 Å². The number of carbonyl (C=O) groups is 1. The number of carbonyl (C=O) groups excluding carboxylic acids is 1. The average molecular weight is 327 g/mol. The molecule has 0 aliphatic rings. The molecule has 0 amide bonds. The Bertz CT molecular complexity index is 666. The van der Waals surface area contributed by atoms with Crippen molar-refractivity contribution in [1.29, 1.82) is 0 Å². The zero-order chi connectivity index (χ0) is 17.2. The van der Waals surface area contributed by atoms with Gasteiger partial charge in [0.15, 0.2) is 0 Å². The lowest BCUT2D eigenvalue weighted by Gasteiger charge is -2.08. The van der Waals surface area contributed by atoms with E-state index in [2.05, 4.69) is 4.98 Å². The molecule has 0 aliphatic heterocycles. The van der Waals surface area contributed by atoms with Crippen LogP contribution in [-0.4, -0.2) is 24.2 Å². The first-order chi connectivity index (χ1) is 11.7. The number of ether oxygens (including phenoxy) is 3. The molecule has 5 nitrogen and oxygen atoms in total. The number of hydrogen-bond donors (Lipinski definition) is 0.